The number of nitrogens with two attached hydrogens (primary N) is 1. The third kappa shape index (κ3) is 2.34. The molecule has 0 saturated carbocycles. The van der Waals surface area contributed by atoms with Gasteiger partial charge in [-0.25, -0.2) is 0 Å². The molecule has 0 aliphatic rings. The Labute approximate surface area is 123 Å². The molecule has 0 radical (unpaired) electrons. The van der Waals surface area contributed by atoms with Crippen molar-refractivity contribution in [2.45, 2.75) is 6.54 Å². The number of H-pyrrole nitrogens is 1. The van der Waals surface area contributed by atoms with Crippen LogP contribution in [0.4, 0.5) is 0 Å². The summed E-state index contributed by atoms with van der Waals surface area (Å²) in [6, 6.07) is 12.4. The third-order valence-corrected chi connectivity index (χ3v) is 3.66. The molecule has 0 bridgehead atoms. The average Bonchev–Trinajstić information content (AvgIpc) is 3.00. The zero-order valence-electron chi connectivity index (χ0n) is 12.1. The van der Waals surface area contributed by atoms with Crippen LogP contribution in [0.2, 0.25) is 0 Å². The molecule has 0 fully saturated rings. The highest BCUT2D eigenvalue weighted by Crippen LogP contribution is 2.36. The highest BCUT2D eigenvalue weighted by Gasteiger charge is 2.12. The molecule has 3 rings (SSSR count). The lowest BCUT2D eigenvalue weighted by atomic mass is 10.0. The summed E-state index contributed by atoms with van der Waals surface area (Å²) in [6.07, 6.45) is 1.94. The number of nitrogens with one attached hydrogen (secondary N) is 1. The molecule has 0 atom stereocenters. The normalized spacial score (nSPS) is 10.8. The largest absolute Gasteiger partial charge is 0.493 e. The van der Waals surface area contributed by atoms with Crippen molar-refractivity contribution in [3.8, 4) is 22.6 Å². The van der Waals surface area contributed by atoms with Gasteiger partial charge in [0, 0.05) is 23.8 Å². The van der Waals surface area contributed by atoms with Gasteiger partial charge in [-0.2, -0.15) is 0 Å². The molecular weight excluding hydrogens is 264 g/mol. The molecule has 0 aliphatic carbocycles. The van der Waals surface area contributed by atoms with Gasteiger partial charge < -0.3 is 20.2 Å². The van der Waals surface area contributed by atoms with Crippen molar-refractivity contribution < 1.29 is 9.47 Å². The first-order chi connectivity index (χ1) is 10.3. The topological polar surface area (TPSA) is 60.3 Å². The van der Waals surface area contributed by atoms with Gasteiger partial charge in [-0.15, -0.1) is 0 Å². The third-order valence-electron chi connectivity index (χ3n) is 3.66. The van der Waals surface area contributed by atoms with Crippen molar-refractivity contribution in [1.29, 1.82) is 0 Å². The summed E-state index contributed by atoms with van der Waals surface area (Å²) in [4.78, 5) is 3.20. The van der Waals surface area contributed by atoms with E-state index in [0.29, 0.717) is 18.0 Å². The number of fused-ring (bicyclic) bond motifs is 1. The van der Waals surface area contributed by atoms with Crippen LogP contribution in [0.1, 0.15) is 5.56 Å². The van der Waals surface area contributed by atoms with Gasteiger partial charge in [-0.3, -0.25) is 0 Å². The van der Waals surface area contributed by atoms with Crippen LogP contribution in [-0.2, 0) is 6.54 Å². The Balaban J connectivity index is 2.16. The van der Waals surface area contributed by atoms with Gasteiger partial charge in [-0.05, 0) is 46.8 Å². The predicted molar refractivity (Wildman–Crippen MR) is 84.7 cm³/mol. The highest BCUT2D eigenvalue weighted by atomic mass is 16.5. The second-order valence-electron chi connectivity index (χ2n) is 4.85. The van der Waals surface area contributed by atoms with Gasteiger partial charge in [0.05, 0.1) is 14.2 Å². The summed E-state index contributed by atoms with van der Waals surface area (Å²) in [5.41, 5.74) is 10.1. The molecule has 2 aromatic carbocycles. The molecule has 4 heteroatoms. The first-order valence-electron chi connectivity index (χ1n) is 6.79. The molecule has 108 valence electrons. The van der Waals surface area contributed by atoms with E-state index in [-0.39, 0.29) is 0 Å². The quantitative estimate of drug-likeness (QED) is 0.771. The molecule has 21 heavy (non-hydrogen) atoms. The zero-order valence-corrected chi connectivity index (χ0v) is 12.1. The fraction of sp³-hybridized carbons (Fsp3) is 0.176. The summed E-state index contributed by atoms with van der Waals surface area (Å²) in [7, 11) is 3.26. The van der Waals surface area contributed by atoms with Gasteiger partial charge in [0.2, 0.25) is 0 Å². The van der Waals surface area contributed by atoms with E-state index in [1.54, 1.807) is 14.2 Å². The van der Waals surface area contributed by atoms with E-state index >= 15 is 0 Å². The number of benzene rings is 2. The second-order valence-corrected chi connectivity index (χ2v) is 4.85. The SMILES string of the molecule is COc1cc(-c2ccc3[nH]ccc3c2)cc(CN)c1OC. The van der Waals surface area contributed by atoms with Crippen molar-refractivity contribution in [3.63, 3.8) is 0 Å². The van der Waals surface area contributed by atoms with Crippen molar-refractivity contribution in [2.24, 2.45) is 5.73 Å². The van der Waals surface area contributed by atoms with Crippen LogP contribution in [0.5, 0.6) is 11.5 Å². The van der Waals surface area contributed by atoms with Crippen molar-refractivity contribution in [2.75, 3.05) is 14.2 Å². The maximum Gasteiger partial charge on any atom is 0.165 e. The van der Waals surface area contributed by atoms with E-state index in [9.17, 15) is 0 Å². The van der Waals surface area contributed by atoms with E-state index < -0.39 is 0 Å². The second kappa shape index (κ2) is 5.50. The number of aromatic amines is 1. The molecule has 0 saturated heterocycles. The van der Waals surface area contributed by atoms with Crippen LogP contribution in [0.3, 0.4) is 0 Å². The molecule has 0 amide bonds. The summed E-state index contributed by atoms with van der Waals surface area (Å²) in [5, 5.41) is 1.18. The molecular formula is C17H18N2O2. The minimum atomic E-state index is 0.403. The van der Waals surface area contributed by atoms with Gasteiger partial charge in [0.15, 0.2) is 11.5 Å². The summed E-state index contributed by atoms with van der Waals surface area (Å²) in [6.45, 7) is 0.403. The molecule has 1 heterocycles. The first kappa shape index (κ1) is 13.5. The summed E-state index contributed by atoms with van der Waals surface area (Å²) < 4.78 is 10.8. The lowest BCUT2D eigenvalue weighted by Gasteiger charge is -2.14. The van der Waals surface area contributed by atoms with Crippen molar-refractivity contribution >= 4 is 10.9 Å². The molecule has 3 aromatic rings. The lowest BCUT2D eigenvalue weighted by Crippen LogP contribution is -2.02. The number of hydrogen-bond acceptors (Lipinski definition) is 3. The van der Waals surface area contributed by atoms with Crippen LogP contribution in [0, 0.1) is 0 Å². The van der Waals surface area contributed by atoms with Crippen molar-refractivity contribution in [3.05, 3.63) is 48.2 Å². The predicted octanol–water partition coefficient (Wildman–Crippen LogP) is 3.31. The lowest BCUT2D eigenvalue weighted by molar-refractivity contribution is 0.352. The standard InChI is InChI=1S/C17H18N2O2/c1-20-16-9-13(8-14(10-18)17(16)21-2)11-3-4-15-12(7-11)5-6-19-15/h3-9,19H,10,18H2,1-2H3. The maximum atomic E-state index is 5.83. The highest BCUT2D eigenvalue weighted by molar-refractivity contribution is 5.85. The van der Waals surface area contributed by atoms with Gasteiger partial charge in [0.25, 0.3) is 0 Å². The van der Waals surface area contributed by atoms with E-state index in [4.69, 9.17) is 15.2 Å². The van der Waals surface area contributed by atoms with Gasteiger partial charge >= 0.3 is 0 Å². The average molecular weight is 282 g/mol. The fourth-order valence-corrected chi connectivity index (χ4v) is 2.59. The van der Waals surface area contributed by atoms with Crippen LogP contribution >= 0.6 is 0 Å². The number of aromatic nitrogens is 1. The van der Waals surface area contributed by atoms with Gasteiger partial charge in [0.1, 0.15) is 0 Å². The molecule has 3 N–H and O–H groups in total. The summed E-state index contributed by atoms with van der Waals surface area (Å²) in [5.74, 6) is 1.40. The number of rotatable bonds is 4. The minimum absolute atomic E-state index is 0.403. The van der Waals surface area contributed by atoms with Gasteiger partial charge in [-0.1, -0.05) is 6.07 Å². The smallest absolute Gasteiger partial charge is 0.165 e. The Kier molecular flexibility index (Phi) is 3.54. The fourth-order valence-electron chi connectivity index (χ4n) is 2.59. The maximum absolute atomic E-state index is 5.83. The van der Waals surface area contributed by atoms with E-state index in [1.165, 1.54) is 5.39 Å². The molecule has 0 aliphatic heterocycles. The Morgan fingerprint density at radius 2 is 1.86 bits per heavy atom. The van der Waals surface area contributed by atoms with Crippen LogP contribution in [0.15, 0.2) is 42.6 Å². The number of hydrogen-bond donors (Lipinski definition) is 2. The van der Waals surface area contributed by atoms with Crippen molar-refractivity contribution in [1.82, 2.24) is 4.98 Å². The molecule has 4 nitrogen and oxygen atoms in total. The van der Waals surface area contributed by atoms with Crippen LogP contribution < -0.4 is 15.2 Å². The van der Waals surface area contributed by atoms with E-state index in [0.717, 1.165) is 22.2 Å². The molecule has 0 unspecified atom stereocenters. The zero-order chi connectivity index (χ0) is 14.8. The monoisotopic (exact) mass is 282 g/mol. The first-order valence-corrected chi connectivity index (χ1v) is 6.79. The van der Waals surface area contributed by atoms with E-state index in [1.807, 2.05) is 12.3 Å². The Morgan fingerprint density at radius 1 is 1.00 bits per heavy atom. The Bertz CT molecular complexity index is 752. The number of methoxy groups -OCH3 is 2. The molecule has 0 spiro atoms. The minimum Gasteiger partial charge on any atom is -0.493 e. The van der Waals surface area contributed by atoms with E-state index in [2.05, 4.69) is 35.3 Å². The van der Waals surface area contributed by atoms with Crippen LogP contribution in [0.25, 0.3) is 22.0 Å². The number of ether oxygens (including phenoxy) is 2. The van der Waals surface area contributed by atoms with Crippen LogP contribution in [-0.4, -0.2) is 19.2 Å². The summed E-state index contributed by atoms with van der Waals surface area (Å²) >= 11 is 0. The molecule has 1 aromatic heterocycles. The Morgan fingerprint density at radius 3 is 2.57 bits per heavy atom. The Hall–Kier alpha value is -2.46.